The molecule has 0 aliphatic carbocycles. The fraction of sp³-hybridized carbons (Fsp3) is 0.294. The maximum absolute atomic E-state index is 12.8. The minimum atomic E-state index is -4.55. The van der Waals surface area contributed by atoms with Gasteiger partial charge in [-0.25, -0.2) is 4.98 Å². The molecule has 26 heavy (non-hydrogen) atoms. The molecule has 0 fully saturated rings. The summed E-state index contributed by atoms with van der Waals surface area (Å²) in [6.07, 6.45) is -3.52. The van der Waals surface area contributed by atoms with Crippen LogP contribution in [-0.2, 0) is 24.2 Å². The first-order valence-corrected chi connectivity index (χ1v) is 7.43. The van der Waals surface area contributed by atoms with Gasteiger partial charge in [0.25, 0.3) is 0 Å². The second-order valence-electron chi connectivity index (χ2n) is 5.08. The number of aliphatic hydroxyl groups excluding tert-OH is 1. The van der Waals surface area contributed by atoms with E-state index in [1.165, 1.54) is 14.2 Å². The van der Waals surface area contributed by atoms with Gasteiger partial charge in [0.05, 0.1) is 49.6 Å². The number of rotatable bonds is 7. The third-order valence-electron chi connectivity index (χ3n) is 3.39. The van der Waals surface area contributed by atoms with E-state index in [0.29, 0.717) is 17.1 Å². The number of oxime groups is 1. The Balaban J connectivity index is 2.15. The summed E-state index contributed by atoms with van der Waals surface area (Å²) in [5.41, 5.74) is -0.532. The Labute approximate surface area is 147 Å². The Kier molecular flexibility index (Phi) is 6.40. The third-order valence-corrected chi connectivity index (χ3v) is 3.39. The van der Waals surface area contributed by atoms with Crippen molar-refractivity contribution in [2.75, 3.05) is 14.2 Å². The molecule has 6 nitrogen and oxygen atoms in total. The van der Waals surface area contributed by atoms with Crippen molar-refractivity contribution in [2.24, 2.45) is 5.16 Å². The van der Waals surface area contributed by atoms with Gasteiger partial charge in [-0.15, -0.1) is 0 Å². The summed E-state index contributed by atoms with van der Waals surface area (Å²) in [4.78, 5) is 8.98. The highest BCUT2D eigenvalue weighted by molar-refractivity contribution is 5.76. The maximum atomic E-state index is 12.8. The van der Waals surface area contributed by atoms with Crippen molar-refractivity contribution >= 4 is 6.21 Å². The van der Waals surface area contributed by atoms with E-state index in [1.807, 2.05) is 0 Å². The molecule has 0 spiro atoms. The lowest BCUT2D eigenvalue weighted by atomic mass is 10.2. The third kappa shape index (κ3) is 4.85. The molecule has 140 valence electrons. The van der Waals surface area contributed by atoms with Gasteiger partial charge in [-0.05, 0) is 24.3 Å². The molecule has 0 unspecified atom stereocenters. The van der Waals surface area contributed by atoms with E-state index in [2.05, 4.69) is 10.1 Å². The zero-order valence-corrected chi connectivity index (χ0v) is 14.1. The number of hydrogen-bond donors (Lipinski definition) is 1. The molecule has 1 heterocycles. The van der Waals surface area contributed by atoms with Gasteiger partial charge in [0.1, 0.15) is 18.1 Å². The van der Waals surface area contributed by atoms with Crippen LogP contribution in [0.4, 0.5) is 13.2 Å². The van der Waals surface area contributed by atoms with Crippen LogP contribution in [0.1, 0.15) is 22.5 Å². The molecule has 2 aromatic rings. The summed E-state index contributed by atoms with van der Waals surface area (Å²) in [6.45, 7) is -0.639. The van der Waals surface area contributed by atoms with Crippen molar-refractivity contribution in [3.8, 4) is 11.5 Å². The molecular weight excluding hydrogens is 353 g/mol. The smallest absolute Gasteiger partial charge is 0.416 e. The van der Waals surface area contributed by atoms with E-state index in [9.17, 15) is 13.2 Å². The number of benzene rings is 1. The number of methoxy groups -OCH3 is 2. The van der Waals surface area contributed by atoms with Gasteiger partial charge < -0.3 is 19.4 Å². The van der Waals surface area contributed by atoms with Crippen molar-refractivity contribution < 1.29 is 32.6 Å². The van der Waals surface area contributed by atoms with Crippen LogP contribution in [-0.4, -0.2) is 30.5 Å². The SMILES string of the molecule is COc1cccc(OC)c1CON=Cc1cc(C(F)(F)F)cc(CO)n1. The van der Waals surface area contributed by atoms with Crippen LogP contribution >= 0.6 is 0 Å². The summed E-state index contributed by atoms with van der Waals surface area (Å²) in [7, 11) is 2.98. The molecule has 0 amide bonds. The van der Waals surface area contributed by atoms with Crippen LogP contribution in [0.25, 0.3) is 0 Å². The van der Waals surface area contributed by atoms with Crippen molar-refractivity contribution in [3.05, 3.63) is 52.8 Å². The zero-order valence-electron chi connectivity index (χ0n) is 14.1. The minimum Gasteiger partial charge on any atom is -0.496 e. The molecule has 0 saturated carbocycles. The van der Waals surface area contributed by atoms with Gasteiger partial charge in [-0.2, -0.15) is 13.2 Å². The molecule has 1 aromatic heterocycles. The fourth-order valence-corrected chi connectivity index (χ4v) is 2.18. The molecule has 1 aromatic carbocycles. The summed E-state index contributed by atoms with van der Waals surface area (Å²) < 4.78 is 49.0. The number of alkyl halides is 3. The Morgan fingerprint density at radius 3 is 2.35 bits per heavy atom. The number of aliphatic hydroxyl groups is 1. The molecule has 2 rings (SSSR count). The van der Waals surface area contributed by atoms with Crippen LogP contribution in [0.2, 0.25) is 0 Å². The highest BCUT2D eigenvalue weighted by Gasteiger charge is 2.31. The molecule has 9 heteroatoms. The predicted octanol–water partition coefficient (Wildman–Crippen LogP) is 3.16. The van der Waals surface area contributed by atoms with Gasteiger partial charge in [0.2, 0.25) is 0 Å². The quantitative estimate of drug-likeness (QED) is 0.599. The second kappa shape index (κ2) is 8.52. The largest absolute Gasteiger partial charge is 0.496 e. The fourth-order valence-electron chi connectivity index (χ4n) is 2.18. The van der Waals surface area contributed by atoms with Crippen molar-refractivity contribution in [1.82, 2.24) is 4.98 Å². The molecule has 0 atom stereocenters. The lowest BCUT2D eigenvalue weighted by Gasteiger charge is -2.11. The number of aromatic nitrogens is 1. The minimum absolute atomic E-state index is 0.0183. The first-order chi connectivity index (χ1) is 12.4. The first-order valence-electron chi connectivity index (χ1n) is 7.43. The average molecular weight is 370 g/mol. The Morgan fingerprint density at radius 1 is 1.15 bits per heavy atom. The zero-order chi connectivity index (χ0) is 19.2. The number of nitrogens with zero attached hydrogens (tertiary/aromatic N) is 2. The Bertz CT molecular complexity index is 757. The number of pyridine rings is 1. The highest BCUT2D eigenvalue weighted by atomic mass is 19.4. The summed E-state index contributed by atoms with van der Waals surface area (Å²) in [5, 5.41) is 12.7. The topological polar surface area (TPSA) is 73.2 Å². The number of hydrogen-bond acceptors (Lipinski definition) is 6. The van der Waals surface area contributed by atoms with Gasteiger partial charge >= 0.3 is 6.18 Å². The maximum Gasteiger partial charge on any atom is 0.416 e. The van der Waals surface area contributed by atoms with E-state index >= 15 is 0 Å². The number of ether oxygens (including phenoxy) is 2. The number of halogens is 3. The van der Waals surface area contributed by atoms with E-state index < -0.39 is 18.3 Å². The molecule has 0 aliphatic heterocycles. The van der Waals surface area contributed by atoms with Gasteiger partial charge in [-0.1, -0.05) is 11.2 Å². The van der Waals surface area contributed by atoms with E-state index in [1.54, 1.807) is 18.2 Å². The van der Waals surface area contributed by atoms with Gasteiger partial charge in [-0.3, -0.25) is 0 Å². The van der Waals surface area contributed by atoms with Gasteiger partial charge in [0.15, 0.2) is 0 Å². The standard InChI is InChI=1S/C17H17F3N2O4/c1-24-15-4-3-5-16(25-2)14(15)10-26-21-8-12-6-11(17(18,19)20)7-13(9-23)22-12/h3-8,23H,9-10H2,1-2H3. The van der Waals surface area contributed by atoms with Crippen LogP contribution in [0.5, 0.6) is 11.5 Å². The monoisotopic (exact) mass is 370 g/mol. The molecule has 0 radical (unpaired) electrons. The van der Waals surface area contributed by atoms with E-state index in [4.69, 9.17) is 19.4 Å². The normalized spacial score (nSPS) is 11.6. The summed E-state index contributed by atoms with van der Waals surface area (Å²) >= 11 is 0. The van der Waals surface area contributed by atoms with Crippen LogP contribution in [0.3, 0.4) is 0 Å². The molecular formula is C17H17F3N2O4. The summed E-state index contributed by atoms with van der Waals surface area (Å²) in [5.74, 6) is 1.05. The molecule has 0 bridgehead atoms. The van der Waals surface area contributed by atoms with Crippen LogP contribution in [0, 0.1) is 0 Å². The van der Waals surface area contributed by atoms with Gasteiger partial charge in [0, 0.05) is 0 Å². The Morgan fingerprint density at radius 2 is 1.81 bits per heavy atom. The first kappa shape index (κ1) is 19.5. The second-order valence-corrected chi connectivity index (χ2v) is 5.08. The average Bonchev–Trinajstić information content (AvgIpc) is 2.63. The van der Waals surface area contributed by atoms with E-state index in [-0.39, 0.29) is 18.0 Å². The van der Waals surface area contributed by atoms with Crippen molar-refractivity contribution in [3.63, 3.8) is 0 Å². The lowest BCUT2D eigenvalue weighted by Crippen LogP contribution is -2.08. The molecule has 0 aliphatic rings. The highest BCUT2D eigenvalue weighted by Crippen LogP contribution is 2.30. The lowest BCUT2D eigenvalue weighted by molar-refractivity contribution is -0.137. The van der Waals surface area contributed by atoms with Crippen molar-refractivity contribution in [2.45, 2.75) is 19.4 Å². The summed E-state index contributed by atoms with van der Waals surface area (Å²) in [6, 6.07) is 6.76. The van der Waals surface area contributed by atoms with Crippen LogP contribution in [0.15, 0.2) is 35.5 Å². The molecule has 1 N–H and O–H groups in total. The molecule has 0 saturated heterocycles. The van der Waals surface area contributed by atoms with Crippen LogP contribution < -0.4 is 9.47 Å². The Hall–Kier alpha value is -2.81. The van der Waals surface area contributed by atoms with Crippen molar-refractivity contribution in [1.29, 1.82) is 0 Å². The predicted molar refractivity (Wildman–Crippen MR) is 87.1 cm³/mol. The van der Waals surface area contributed by atoms with E-state index in [0.717, 1.165) is 18.3 Å².